The predicted octanol–water partition coefficient (Wildman–Crippen LogP) is 0.913. The van der Waals surface area contributed by atoms with Crippen molar-refractivity contribution in [2.45, 2.75) is 78.0 Å². The average Bonchev–Trinajstić information content (AvgIpc) is 2.77. The molecular formula is C24H38N4O6. The summed E-state index contributed by atoms with van der Waals surface area (Å²) in [5, 5.41) is 26.6. The Kier molecular flexibility index (Phi) is 11.5. The highest BCUT2D eigenvalue weighted by molar-refractivity contribution is 5.94. The Balaban J connectivity index is 2.86. The van der Waals surface area contributed by atoms with Gasteiger partial charge in [-0.25, -0.2) is 4.79 Å². The first kappa shape index (κ1) is 28.9. The lowest BCUT2D eigenvalue weighted by molar-refractivity contribution is -0.142. The van der Waals surface area contributed by atoms with Gasteiger partial charge in [0.25, 0.3) is 0 Å². The van der Waals surface area contributed by atoms with E-state index in [2.05, 4.69) is 16.0 Å². The van der Waals surface area contributed by atoms with E-state index in [4.69, 9.17) is 5.73 Å². The second-order valence-corrected chi connectivity index (χ2v) is 9.10. The van der Waals surface area contributed by atoms with Gasteiger partial charge in [0.1, 0.15) is 23.9 Å². The van der Waals surface area contributed by atoms with Gasteiger partial charge >= 0.3 is 5.97 Å². The van der Waals surface area contributed by atoms with Gasteiger partial charge in [-0.1, -0.05) is 46.2 Å². The lowest BCUT2D eigenvalue weighted by atomic mass is 9.99. The molecule has 1 aromatic rings. The van der Waals surface area contributed by atoms with Crippen LogP contribution in [0.2, 0.25) is 0 Å². The number of carbonyl (C=O) groups is 4. The maximum atomic E-state index is 12.9. The predicted molar refractivity (Wildman–Crippen MR) is 128 cm³/mol. The minimum atomic E-state index is -1.23. The van der Waals surface area contributed by atoms with Crippen LogP contribution in [0.15, 0.2) is 24.3 Å². The summed E-state index contributed by atoms with van der Waals surface area (Å²) in [6, 6.07) is 2.09. The van der Waals surface area contributed by atoms with Gasteiger partial charge in [0.05, 0.1) is 6.04 Å². The normalized spacial score (nSPS) is 15.5. The fourth-order valence-electron chi connectivity index (χ4n) is 3.23. The maximum Gasteiger partial charge on any atom is 0.326 e. The highest BCUT2D eigenvalue weighted by Crippen LogP contribution is 2.12. The molecule has 0 aliphatic carbocycles. The van der Waals surface area contributed by atoms with Crippen molar-refractivity contribution in [1.29, 1.82) is 0 Å². The number of phenolic OH excluding ortho intramolecular Hbond substituents is 1. The summed E-state index contributed by atoms with van der Waals surface area (Å²) in [4.78, 5) is 49.6. The molecule has 1 aromatic carbocycles. The number of aromatic hydroxyl groups is 1. The number of nitrogens with one attached hydrogen (secondary N) is 3. The van der Waals surface area contributed by atoms with Crippen molar-refractivity contribution >= 4 is 23.7 Å². The Labute approximate surface area is 200 Å². The van der Waals surface area contributed by atoms with E-state index in [9.17, 15) is 29.4 Å². The third-order valence-electron chi connectivity index (χ3n) is 5.64. The zero-order chi connectivity index (χ0) is 26.0. The lowest BCUT2D eigenvalue weighted by Crippen LogP contribution is -2.57. The van der Waals surface area contributed by atoms with Crippen LogP contribution in [-0.2, 0) is 25.6 Å². The molecule has 34 heavy (non-hydrogen) atoms. The average molecular weight is 479 g/mol. The number of carbonyl (C=O) groups excluding carboxylic acids is 3. The Morgan fingerprint density at radius 2 is 1.44 bits per heavy atom. The molecule has 0 bridgehead atoms. The van der Waals surface area contributed by atoms with Gasteiger partial charge in [0, 0.05) is 6.42 Å². The molecule has 1 rings (SSSR count). The molecule has 7 N–H and O–H groups in total. The van der Waals surface area contributed by atoms with Crippen LogP contribution in [0.5, 0.6) is 5.75 Å². The first-order chi connectivity index (χ1) is 15.8. The van der Waals surface area contributed by atoms with Gasteiger partial charge in [-0.05, 0) is 42.9 Å². The smallest absolute Gasteiger partial charge is 0.326 e. The highest BCUT2D eigenvalue weighted by Gasteiger charge is 2.30. The molecule has 0 radical (unpaired) electrons. The number of benzene rings is 1. The second-order valence-electron chi connectivity index (χ2n) is 9.10. The summed E-state index contributed by atoms with van der Waals surface area (Å²) in [7, 11) is 0. The van der Waals surface area contributed by atoms with Crippen molar-refractivity contribution in [3.05, 3.63) is 29.8 Å². The molecule has 190 valence electrons. The standard InChI is InChI=1S/C24H38N4O6/c1-6-14(4)20(25)23(32)26-15(5)21(30)27-18(11-13(2)3)22(31)28-19(24(33)34)12-16-7-9-17(29)10-8-16/h7-10,13-15,18-20,29H,6,11-12,25H2,1-5H3,(H,26,32)(H,27,30)(H,28,31)(H,33,34). The van der Waals surface area contributed by atoms with Crippen molar-refractivity contribution in [2.24, 2.45) is 17.6 Å². The van der Waals surface area contributed by atoms with E-state index in [1.807, 2.05) is 27.7 Å². The number of hydrogen-bond acceptors (Lipinski definition) is 6. The van der Waals surface area contributed by atoms with E-state index < -0.39 is 47.9 Å². The van der Waals surface area contributed by atoms with Crippen LogP contribution in [0, 0.1) is 11.8 Å². The third-order valence-corrected chi connectivity index (χ3v) is 5.64. The Morgan fingerprint density at radius 3 is 1.94 bits per heavy atom. The molecule has 0 heterocycles. The van der Waals surface area contributed by atoms with Gasteiger partial charge in [-0.15, -0.1) is 0 Å². The van der Waals surface area contributed by atoms with E-state index in [1.165, 1.54) is 19.1 Å². The monoisotopic (exact) mass is 478 g/mol. The molecule has 5 atom stereocenters. The molecule has 3 amide bonds. The highest BCUT2D eigenvalue weighted by atomic mass is 16.4. The fourth-order valence-corrected chi connectivity index (χ4v) is 3.23. The Bertz CT molecular complexity index is 842. The third kappa shape index (κ3) is 9.38. The van der Waals surface area contributed by atoms with Crippen molar-refractivity contribution in [3.8, 4) is 5.75 Å². The van der Waals surface area contributed by atoms with Crippen LogP contribution in [0.25, 0.3) is 0 Å². The number of hydrogen-bond donors (Lipinski definition) is 6. The van der Waals surface area contributed by atoms with Gasteiger partial charge < -0.3 is 31.9 Å². The summed E-state index contributed by atoms with van der Waals surface area (Å²) in [5.41, 5.74) is 6.53. The van der Waals surface area contributed by atoms with Crippen molar-refractivity contribution in [1.82, 2.24) is 16.0 Å². The van der Waals surface area contributed by atoms with Crippen LogP contribution in [0.1, 0.15) is 53.0 Å². The minimum absolute atomic E-state index is 0.00363. The van der Waals surface area contributed by atoms with Crippen molar-refractivity contribution < 1.29 is 29.4 Å². The summed E-state index contributed by atoms with van der Waals surface area (Å²) in [6.07, 6.45) is 0.987. The molecule has 0 aromatic heterocycles. The van der Waals surface area contributed by atoms with Crippen LogP contribution in [0.4, 0.5) is 0 Å². The Hall–Kier alpha value is -3.14. The van der Waals surface area contributed by atoms with Crippen LogP contribution in [-0.4, -0.2) is 58.1 Å². The lowest BCUT2D eigenvalue weighted by Gasteiger charge is -2.25. The van der Waals surface area contributed by atoms with Gasteiger partial charge in [0.2, 0.25) is 17.7 Å². The molecule has 0 aliphatic heterocycles. The first-order valence-electron chi connectivity index (χ1n) is 11.5. The zero-order valence-corrected chi connectivity index (χ0v) is 20.5. The number of phenols is 1. The van der Waals surface area contributed by atoms with E-state index in [0.29, 0.717) is 12.0 Å². The maximum absolute atomic E-state index is 12.9. The molecule has 10 heteroatoms. The fraction of sp³-hybridized carbons (Fsp3) is 0.583. The van der Waals surface area contributed by atoms with Gasteiger partial charge in [-0.2, -0.15) is 0 Å². The molecule has 0 saturated heterocycles. The van der Waals surface area contributed by atoms with Crippen LogP contribution in [0.3, 0.4) is 0 Å². The SMILES string of the molecule is CCC(C)C(N)C(=O)NC(C)C(=O)NC(CC(C)C)C(=O)NC(Cc1ccc(O)cc1)C(=O)O. The van der Waals surface area contributed by atoms with E-state index >= 15 is 0 Å². The Morgan fingerprint density at radius 1 is 0.882 bits per heavy atom. The molecule has 10 nitrogen and oxygen atoms in total. The quantitative estimate of drug-likeness (QED) is 0.245. The molecule has 0 saturated carbocycles. The first-order valence-corrected chi connectivity index (χ1v) is 11.5. The number of rotatable bonds is 13. The zero-order valence-electron chi connectivity index (χ0n) is 20.5. The molecule has 5 unspecified atom stereocenters. The number of nitrogens with two attached hydrogens (primary N) is 1. The summed E-state index contributed by atoms with van der Waals surface area (Å²) >= 11 is 0. The van der Waals surface area contributed by atoms with Crippen LogP contribution < -0.4 is 21.7 Å². The van der Waals surface area contributed by atoms with E-state index in [0.717, 1.165) is 0 Å². The van der Waals surface area contributed by atoms with E-state index in [1.54, 1.807) is 12.1 Å². The van der Waals surface area contributed by atoms with Gasteiger partial charge in [-0.3, -0.25) is 14.4 Å². The largest absolute Gasteiger partial charge is 0.508 e. The number of carboxylic acids is 1. The number of aliphatic carboxylic acids is 1. The second kappa shape index (κ2) is 13.5. The molecule has 0 fully saturated rings. The van der Waals surface area contributed by atoms with Crippen molar-refractivity contribution in [3.63, 3.8) is 0 Å². The summed E-state index contributed by atoms with van der Waals surface area (Å²) < 4.78 is 0. The van der Waals surface area contributed by atoms with Crippen molar-refractivity contribution in [2.75, 3.05) is 0 Å². The summed E-state index contributed by atoms with van der Waals surface area (Å²) in [5.74, 6) is -2.88. The summed E-state index contributed by atoms with van der Waals surface area (Å²) in [6.45, 7) is 8.98. The molecule has 0 aliphatic rings. The van der Waals surface area contributed by atoms with E-state index in [-0.39, 0.29) is 30.4 Å². The molecule has 0 spiro atoms. The molecular weight excluding hydrogens is 440 g/mol. The minimum Gasteiger partial charge on any atom is -0.508 e. The van der Waals surface area contributed by atoms with Gasteiger partial charge in [0.15, 0.2) is 0 Å². The number of carboxylic acid groups (broad SMARTS) is 1. The number of amides is 3. The topological polar surface area (TPSA) is 171 Å². The van der Waals surface area contributed by atoms with Crippen LogP contribution >= 0.6 is 0 Å².